The smallest absolute Gasteiger partial charge is 0.100 e. The van der Waals surface area contributed by atoms with Gasteiger partial charge in [0.1, 0.15) is 6.04 Å². The Morgan fingerprint density at radius 1 is 1.09 bits per heavy atom. The molecule has 6 rings (SSSR count). The molecule has 0 amide bonds. The maximum absolute atomic E-state index is 4.94. The van der Waals surface area contributed by atoms with Crippen LogP contribution in [0.1, 0.15) is 76.5 Å². The normalized spacial score (nSPS) is 28.5. The Morgan fingerprint density at radius 2 is 1.94 bits per heavy atom. The molecule has 0 radical (unpaired) electrons. The molecule has 2 nitrogen and oxygen atoms in total. The summed E-state index contributed by atoms with van der Waals surface area (Å²) in [5.74, 6) is 2.34. The number of benzene rings is 1. The second kappa shape index (κ2) is 7.79. The van der Waals surface area contributed by atoms with Gasteiger partial charge in [0.15, 0.2) is 0 Å². The second-order valence-corrected chi connectivity index (χ2v) is 12.0. The number of rotatable bonds is 5. The highest BCUT2D eigenvalue weighted by Crippen LogP contribution is 2.53. The van der Waals surface area contributed by atoms with Gasteiger partial charge in [0.25, 0.3) is 0 Å². The molecule has 0 N–H and O–H groups in total. The van der Waals surface area contributed by atoms with E-state index in [1.165, 1.54) is 76.8 Å². The first-order chi connectivity index (χ1) is 15.9. The van der Waals surface area contributed by atoms with Gasteiger partial charge in [0.05, 0.1) is 0 Å². The summed E-state index contributed by atoms with van der Waals surface area (Å²) < 4.78 is 0. The van der Waals surface area contributed by atoms with Gasteiger partial charge in [-0.1, -0.05) is 76.5 Å². The summed E-state index contributed by atoms with van der Waals surface area (Å²) in [6.45, 7) is 9.26. The number of nitrogens with zero attached hydrogens (tertiary/aromatic N) is 2. The van der Waals surface area contributed by atoms with E-state index in [1.807, 2.05) is 6.21 Å². The minimum Gasteiger partial charge on any atom is -0.280 e. The average Bonchev–Trinajstić information content (AvgIpc) is 3.24. The zero-order valence-corrected chi connectivity index (χ0v) is 20.6. The van der Waals surface area contributed by atoms with Crippen LogP contribution in [0.5, 0.6) is 0 Å². The van der Waals surface area contributed by atoms with Crippen LogP contribution in [0.2, 0.25) is 0 Å². The third-order valence-electron chi connectivity index (χ3n) is 8.49. The Kier molecular flexibility index (Phi) is 4.98. The predicted molar refractivity (Wildman–Crippen MR) is 141 cm³/mol. The van der Waals surface area contributed by atoms with Crippen molar-refractivity contribution < 1.29 is 0 Å². The summed E-state index contributed by atoms with van der Waals surface area (Å²) in [5, 5.41) is 0. The van der Waals surface area contributed by atoms with E-state index in [9.17, 15) is 0 Å². The number of dihydropyridines is 1. The van der Waals surface area contributed by atoms with Gasteiger partial charge in [-0.3, -0.25) is 9.98 Å². The highest BCUT2D eigenvalue weighted by Gasteiger charge is 2.48. The van der Waals surface area contributed by atoms with E-state index in [0.717, 1.165) is 18.3 Å². The third kappa shape index (κ3) is 3.92. The fraction of sp³-hybridized carbons (Fsp3) is 0.484. The molecular formula is C31H36N2. The number of hydrogen-bond donors (Lipinski definition) is 0. The predicted octanol–water partition coefficient (Wildman–Crippen LogP) is 7.62. The number of allylic oxidation sites excluding steroid dienone is 4. The van der Waals surface area contributed by atoms with Crippen molar-refractivity contribution in [1.29, 1.82) is 0 Å². The zero-order chi connectivity index (χ0) is 22.7. The number of aliphatic imine (C=N–C) groups is 2. The highest BCUT2D eigenvalue weighted by atomic mass is 14.8. The molecular weight excluding hydrogens is 400 g/mol. The summed E-state index contributed by atoms with van der Waals surface area (Å²) in [5.41, 5.74) is 11.4. The lowest BCUT2D eigenvalue weighted by atomic mass is 9.78. The van der Waals surface area contributed by atoms with Crippen LogP contribution in [0.25, 0.3) is 11.1 Å². The Labute approximate surface area is 199 Å². The van der Waals surface area contributed by atoms with Gasteiger partial charge in [0, 0.05) is 30.5 Å². The van der Waals surface area contributed by atoms with E-state index in [4.69, 9.17) is 9.98 Å². The summed E-state index contributed by atoms with van der Waals surface area (Å²) in [7, 11) is 0. The van der Waals surface area contributed by atoms with Crippen LogP contribution in [0.15, 0.2) is 63.8 Å². The Bertz CT molecular complexity index is 1170. The molecule has 33 heavy (non-hydrogen) atoms. The summed E-state index contributed by atoms with van der Waals surface area (Å²) in [6.07, 6.45) is 18.7. The van der Waals surface area contributed by atoms with Crippen LogP contribution in [-0.4, -0.2) is 18.0 Å². The van der Waals surface area contributed by atoms with Crippen LogP contribution >= 0.6 is 0 Å². The maximum Gasteiger partial charge on any atom is 0.100 e. The first kappa shape index (κ1) is 21.1. The monoisotopic (exact) mass is 436 g/mol. The van der Waals surface area contributed by atoms with Gasteiger partial charge in [-0.15, -0.1) is 0 Å². The van der Waals surface area contributed by atoms with Gasteiger partial charge < -0.3 is 0 Å². The van der Waals surface area contributed by atoms with Crippen molar-refractivity contribution in [2.75, 3.05) is 0 Å². The maximum atomic E-state index is 4.94. The standard InChI is InChI=1S/C31H36N2/c1-19-12-22-9-11-26(30(22)33-17-19)21-8-10-25(23(14-21)13-20-6-5-7-20)24-15-29(32-18-24)27-16-28(27)31(2,3)4/h8-12,14,17-18,20,27-28,30H,5-7,13,15-16H2,1-4H3/t27-,28+,30?/m0/s1. The molecule has 5 aliphatic rings. The molecule has 170 valence electrons. The van der Waals surface area contributed by atoms with Crippen molar-refractivity contribution in [2.45, 2.75) is 72.3 Å². The molecule has 2 heterocycles. The molecule has 0 saturated heterocycles. The fourth-order valence-corrected chi connectivity index (χ4v) is 6.21. The van der Waals surface area contributed by atoms with Crippen molar-refractivity contribution in [3.8, 4) is 0 Å². The van der Waals surface area contributed by atoms with Gasteiger partial charge in [0.2, 0.25) is 0 Å². The minimum atomic E-state index is 0.168. The van der Waals surface area contributed by atoms with Gasteiger partial charge in [-0.25, -0.2) is 0 Å². The number of hydrogen-bond acceptors (Lipinski definition) is 2. The van der Waals surface area contributed by atoms with Crippen LogP contribution in [0.3, 0.4) is 0 Å². The zero-order valence-electron chi connectivity index (χ0n) is 20.6. The quantitative estimate of drug-likeness (QED) is 0.453. The molecule has 2 heteroatoms. The van der Waals surface area contributed by atoms with Crippen molar-refractivity contribution in [2.24, 2.45) is 33.2 Å². The molecule has 1 aromatic rings. The van der Waals surface area contributed by atoms with E-state index in [1.54, 1.807) is 0 Å². The molecule has 1 unspecified atom stereocenters. The first-order valence-corrected chi connectivity index (χ1v) is 12.9. The molecule has 2 aliphatic heterocycles. The third-order valence-corrected chi connectivity index (χ3v) is 8.49. The van der Waals surface area contributed by atoms with Crippen LogP contribution in [0, 0.1) is 23.2 Å². The second-order valence-electron chi connectivity index (χ2n) is 12.0. The van der Waals surface area contributed by atoms with Crippen LogP contribution in [-0.2, 0) is 6.42 Å². The molecule has 1 aromatic carbocycles. The topological polar surface area (TPSA) is 24.7 Å². The Hall–Kier alpha value is -2.48. The van der Waals surface area contributed by atoms with Gasteiger partial charge in [-0.2, -0.15) is 0 Å². The minimum absolute atomic E-state index is 0.168. The molecule has 0 aromatic heterocycles. The van der Waals surface area contributed by atoms with Gasteiger partial charge in [-0.05, 0) is 76.0 Å². The lowest BCUT2D eigenvalue weighted by Gasteiger charge is -2.27. The van der Waals surface area contributed by atoms with Crippen molar-refractivity contribution >= 4 is 23.1 Å². The lowest BCUT2D eigenvalue weighted by molar-refractivity contribution is 0.314. The fourth-order valence-electron chi connectivity index (χ4n) is 6.21. The lowest BCUT2D eigenvalue weighted by Crippen LogP contribution is -2.16. The molecule has 0 bridgehead atoms. The number of fused-ring (bicyclic) bond motifs is 1. The van der Waals surface area contributed by atoms with Crippen LogP contribution < -0.4 is 0 Å². The molecule has 0 spiro atoms. The van der Waals surface area contributed by atoms with E-state index in [0.29, 0.717) is 11.3 Å². The summed E-state index contributed by atoms with van der Waals surface area (Å²) in [4.78, 5) is 9.80. The Morgan fingerprint density at radius 3 is 2.67 bits per heavy atom. The van der Waals surface area contributed by atoms with E-state index >= 15 is 0 Å². The van der Waals surface area contributed by atoms with E-state index in [-0.39, 0.29) is 6.04 Å². The average molecular weight is 437 g/mol. The SMILES string of the molecule is CC1=CC2=CC=C(c3ccc(C4=CN=C([C@H]5C[C@H]5C(C)(C)C)C4)c(CC4CCC4)c3)C2N=C1. The van der Waals surface area contributed by atoms with Crippen molar-refractivity contribution in [3.63, 3.8) is 0 Å². The largest absolute Gasteiger partial charge is 0.280 e. The molecule has 2 fully saturated rings. The van der Waals surface area contributed by atoms with E-state index < -0.39 is 0 Å². The van der Waals surface area contributed by atoms with Crippen molar-refractivity contribution in [1.82, 2.24) is 0 Å². The van der Waals surface area contributed by atoms with E-state index in [2.05, 4.69) is 70.3 Å². The van der Waals surface area contributed by atoms with Crippen LogP contribution in [0.4, 0.5) is 0 Å². The Balaban J connectivity index is 1.24. The highest BCUT2D eigenvalue weighted by molar-refractivity contribution is 6.01. The molecule has 3 atom stereocenters. The summed E-state index contributed by atoms with van der Waals surface area (Å²) in [6, 6.07) is 7.36. The summed E-state index contributed by atoms with van der Waals surface area (Å²) >= 11 is 0. The molecule has 2 saturated carbocycles. The first-order valence-electron chi connectivity index (χ1n) is 12.9. The molecule has 3 aliphatic carbocycles. The van der Waals surface area contributed by atoms with Gasteiger partial charge >= 0.3 is 0 Å². The van der Waals surface area contributed by atoms with Crippen molar-refractivity contribution in [3.05, 3.63) is 70.5 Å².